The summed E-state index contributed by atoms with van der Waals surface area (Å²) in [7, 11) is 3.55. The Hall–Kier alpha value is -3.60. The molecule has 0 saturated carbocycles. The Kier molecular flexibility index (Phi) is 6.28. The van der Waals surface area contributed by atoms with E-state index >= 15 is 0 Å². The third-order valence-electron chi connectivity index (χ3n) is 8.76. The molecule has 6 rings (SSSR count). The van der Waals surface area contributed by atoms with E-state index in [-0.39, 0.29) is 16.9 Å². The minimum atomic E-state index is -0.171. The van der Waals surface area contributed by atoms with Crippen LogP contribution in [0.4, 0.5) is 11.4 Å². The maximum atomic E-state index is 5.72. The van der Waals surface area contributed by atoms with Gasteiger partial charge in [-0.1, -0.05) is 101 Å². The second-order valence-electron chi connectivity index (χ2n) is 11.8. The SMILES string of the molecule is COCN1/C(=C\C=C\C2N(COC)c3ccc4ccccc4c3C2(C)C)C(C)(C)c2c1ccc1ccccc21. The molecule has 4 nitrogen and oxygen atoms in total. The molecule has 0 amide bonds. The number of hydrogen-bond donors (Lipinski definition) is 0. The molecule has 39 heavy (non-hydrogen) atoms. The van der Waals surface area contributed by atoms with Gasteiger partial charge in [-0.25, -0.2) is 0 Å². The summed E-state index contributed by atoms with van der Waals surface area (Å²) in [6.07, 6.45) is 6.88. The lowest BCUT2D eigenvalue weighted by atomic mass is 9.78. The summed E-state index contributed by atoms with van der Waals surface area (Å²) in [4.78, 5) is 4.72. The molecule has 0 spiro atoms. The normalized spacial score (nSPS) is 20.5. The van der Waals surface area contributed by atoms with Crippen molar-refractivity contribution in [1.82, 2.24) is 0 Å². The van der Waals surface area contributed by atoms with Gasteiger partial charge in [-0.2, -0.15) is 0 Å². The van der Waals surface area contributed by atoms with E-state index in [9.17, 15) is 0 Å². The number of rotatable bonds is 6. The molecule has 4 heteroatoms. The molecule has 2 heterocycles. The Morgan fingerprint density at radius 1 is 0.718 bits per heavy atom. The monoisotopic (exact) mass is 518 g/mol. The maximum absolute atomic E-state index is 5.72. The Bertz CT molecular complexity index is 1610. The second kappa shape index (κ2) is 9.55. The van der Waals surface area contributed by atoms with E-state index in [1.165, 1.54) is 49.7 Å². The van der Waals surface area contributed by atoms with E-state index in [2.05, 4.69) is 129 Å². The summed E-state index contributed by atoms with van der Waals surface area (Å²) >= 11 is 0. The van der Waals surface area contributed by atoms with Gasteiger partial charge in [0.2, 0.25) is 0 Å². The molecular formula is C35H38N2O2. The first-order valence-corrected chi connectivity index (χ1v) is 13.8. The first-order valence-electron chi connectivity index (χ1n) is 13.8. The van der Waals surface area contributed by atoms with Crippen LogP contribution < -0.4 is 9.80 Å². The largest absolute Gasteiger partial charge is 0.364 e. The van der Waals surface area contributed by atoms with Crippen LogP contribution in [-0.4, -0.2) is 33.7 Å². The zero-order chi connectivity index (χ0) is 27.4. The fourth-order valence-corrected chi connectivity index (χ4v) is 7.05. The van der Waals surface area contributed by atoms with Crippen molar-refractivity contribution in [2.24, 2.45) is 0 Å². The fourth-order valence-electron chi connectivity index (χ4n) is 7.05. The molecule has 0 saturated heterocycles. The number of nitrogens with zero attached hydrogens (tertiary/aromatic N) is 2. The quantitative estimate of drug-likeness (QED) is 0.259. The standard InChI is InChI=1S/C35H38N2O2/c1-34(2)30(36(22-38-5)28-20-18-24-12-7-9-14-26(24)32(28)34)16-11-17-31-35(3,4)33-27-15-10-8-13-25(27)19-21-29(33)37(31)23-39-6/h7-21,30H,22-23H2,1-6H3/b16-11+,31-17-. The Labute approximate surface area is 232 Å². The lowest BCUT2D eigenvalue weighted by Crippen LogP contribution is -2.41. The summed E-state index contributed by atoms with van der Waals surface area (Å²) in [5, 5.41) is 5.17. The summed E-state index contributed by atoms with van der Waals surface area (Å²) < 4.78 is 11.4. The van der Waals surface area contributed by atoms with Gasteiger partial charge < -0.3 is 19.3 Å². The predicted molar refractivity (Wildman–Crippen MR) is 164 cm³/mol. The molecule has 1 atom stereocenters. The van der Waals surface area contributed by atoms with Crippen LogP contribution in [0.3, 0.4) is 0 Å². The third-order valence-corrected chi connectivity index (χ3v) is 8.76. The van der Waals surface area contributed by atoms with E-state index in [0.29, 0.717) is 13.5 Å². The van der Waals surface area contributed by atoms with Crippen LogP contribution in [0.25, 0.3) is 21.5 Å². The smallest absolute Gasteiger partial charge is 0.122 e. The Morgan fingerprint density at radius 2 is 1.31 bits per heavy atom. The number of fused-ring (bicyclic) bond motifs is 6. The molecule has 0 aliphatic carbocycles. The van der Waals surface area contributed by atoms with Gasteiger partial charge in [-0.15, -0.1) is 0 Å². The number of hydrogen-bond acceptors (Lipinski definition) is 4. The van der Waals surface area contributed by atoms with Gasteiger partial charge in [0, 0.05) is 42.1 Å². The molecule has 0 bridgehead atoms. The lowest BCUT2D eigenvalue weighted by molar-refractivity contribution is 0.189. The van der Waals surface area contributed by atoms with Crippen LogP contribution in [0.2, 0.25) is 0 Å². The van der Waals surface area contributed by atoms with Crippen molar-refractivity contribution in [3.63, 3.8) is 0 Å². The molecule has 0 radical (unpaired) electrons. The topological polar surface area (TPSA) is 24.9 Å². The molecule has 0 aromatic heterocycles. The van der Waals surface area contributed by atoms with Crippen molar-refractivity contribution >= 4 is 32.9 Å². The fraction of sp³-hybridized carbons (Fsp3) is 0.314. The highest BCUT2D eigenvalue weighted by atomic mass is 16.5. The van der Waals surface area contributed by atoms with Crippen LogP contribution in [-0.2, 0) is 20.3 Å². The first-order chi connectivity index (χ1) is 18.8. The highest BCUT2D eigenvalue weighted by molar-refractivity contribution is 5.95. The average molecular weight is 519 g/mol. The second-order valence-corrected chi connectivity index (χ2v) is 11.8. The highest BCUT2D eigenvalue weighted by Crippen LogP contribution is 2.51. The van der Waals surface area contributed by atoms with Crippen LogP contribution in [0.1, 0.15) is 38.8 Å². The summed E-state index contributed by atoms with van der Waals surface area (Å²) in [6, 6.07) is 26.5. The maximum Gasteiger partial charge on any atom is 0.122 e. The molecule has 2 aliphatic rings. The number of anilines is 2. The average Bonchev–Trinajstić information content (AvgIpc) is 3.28. The summed E-state index contributed by atoms with van der Waals surface area (Å²) in [5.74, 6) is 0. The van der Waals surface area contributed by atoms with E-state index in [0.717, 1.165) is 0 Å². The zero-order valence-electron chi connectivity index (χ0n) is 23.9. The van der Waals surface area contributed by atoms with Crippen molar-refractivity contribution in [2.75, 3.05) is 37.5 Å². The van der Waals surface area contributed by atoms with Gasteiger partial charge in [0.25, 0.3) is 0 Å². The molecular weight excluding hydrogens is 480 g/mol. The molecule has 1 unspecified atom stereocenters. The molecule has 0 N–H and O–H groups in total. The molecule has 0 fully saturated rings. The molecule has 200 valence electrons. The highest BCUT2D eigenvalue weighted by Gasteiger charge is 2.45. The van der Waals surface area contributed by atoms with Crippen molar-refractivity contribution < 1.29 is 9.47 Å². The summed E-state index contributed by atoms with van der Waals surface area (Å²) in [6.45, 7) is 10.4. The van der Waals surface area contributed by atoms with Gasteiger partial charge >= 0.3 is 0 Å². The van der Waals surface area contributed by atoms with Crippen molar-refractivity contribution in [3.05, 3.63) is 108 Å². The van der Waals surface area contributed by atoms with Crippen molar-refractivity contribution in [2.45, 2.75) is 44.6 Å². The van der Waals surface area contributed by atoms with E-state index in [1.807, 2.05) is 0 Å². The lowest BCUT2D eigenvalue weighted by Gasteiger charge is -2.32. The first kappa shape index (κ1) is 25.7. The summed E-state index contributed by atoms with van der Waals surface area (Å²) in [5.41, 5.74) is 6.20. The van der Waals surface area contributed by atoms with Crippen LogP contribution in [0.15, 0.2) is 96.7 Å². The number of benzene rings is 4. The van der Waals surface area contributed by atoms with E-state index in [4.69, 9.17) is 9.47 Å². The van der Waals surface area contributed by atoms with Crippen LogP contribution >= 0.6 is 0 Å². The van der Waals surface area contributed by atoms with Gasteiger partial charge in [-0.05, 0) is 50.9 Å². The minimum absolute atomic E-state index is 0.0969. The molecule has 4 aromatic rings. The van der Waals surface area contributed by atoms with E-state index < -0.39 is 0 Å². The molecule has 2 aliphatic heterocycles. The minimum Gasteiger partial charge on any atom is -0.364 e. The Morgan fingerprint density at radius 3 is 1.95 bits per heavy atom. The predicted octanol–water partition coefficient (Wildman–Crippen LogP) is 7.90. The van der Waals surface area contributed by atoms with Crippen molar-refractivity contribution in [1.29, 1.82) is 0 Å². The molecule has 4 aromatic carbocycles. The van der Waals surface area contributed by atoms with Crippen molar-refractivity contribution in [3.8, 4) is 0 Å². The van der Waals surface area contributed by atoms with Gasteiger partial charge in [0.05, 0.1) is 6.04 Å². The number of allylic oxidation sites excluding steroid dienone is 3. The van der Waals surface area contributed by atoms with Crippen LogP contribution in [0.5, 0.6) is 0 Å². The Balaban J connectivity index is 1.43. The third kappa shape index (κ3) is 3.89. The van der Waals surface area contributed by atoms with Gasteiger partial charge in [0.1, 0.15) is 13.5 Å². The number of methoxy groups -OCH3 is 2. The van der Waals surface area contributed by atoms with Gasteiger partial charge in [-0.3, -0.25) is 0 Å². The number of ether oxygens (including phenoxy) is 2. The van der Waals surface area contributed by atoms with E-state index in [1.54, 1.807) is 14.2 Å². The zero-order valence-corrected chi connectivity index (χ0v) is 23.9. The van der Waals surface area contributed by atoms with Crippen LogP contribution in [0, 0.1) is 0 Å². The van der Waals surface area contributed by atoms with Gasteiger partial charge in [0.15, 0.2) is 0 Å².